The second-order valence-corrected chi connectivity index (χ2v) is 7.18. The van der Waals surface area contributed by atoms with E-state index >= 15 is 0 Å². The molecule has 0 bridgehead atoms. The number of halogens is 2. The lowest BCUT2D eigenvalue weighted by Crippen LogP contribution is -2.18. The molecule has 8 heteroatoms. The molecule has 1 heterocycles. The van der Waals surface area contributed by atoms with Crippen LogP contribution >= 0.6 is 23.2 Å². The summed E-state index contributed by atoms with van der Waals surface area (Å²) in [7, 11) is 1.60. The second kappa shape index (κ2) is 8.57. The van der Waals surface area contributed by atoms with E-state index in [2.05, 4.69) is 20.7 Å². The van der Waals surface area contributed by atoms with Gasteiger partial charge in [-0.25, -0.2) is 5.43 Å². The van der Waals surface area contributed by atoms with Crippen LogP contribution in [0.5, 0.6) is 5.75 Å². The summed E-state index contributed by atoms with van der Waals surface area (Å²) >= 11 is 12.2. The van der Waals surface area contributed by atoms with Gasteiger partial charge in [0.2, 0.25) is 0 Å². The van der Waals surface area contributed by atoms with E-state index in [4.69, 9.17) is 27.9 Å². The highest BCUT2D eigenvalue weighted by atomic mass is 35.5. The van der Waals surface area contributed by atoms with E-state index in [-0.39, 0.29) is 5.69 Å². The molecule has 30 heavy (non-hydrogen) atoms. The number of hydrazone groups is 1. The molecule has 4 rings (SSSR count). The number of fused-ring (bicyclic) bond motifs is 1. The molecule has 0 fully saturated rings. The summed E-state index contributed by atoms with van der Waals surface area (Å²) in [5.41, 5.74) is 4.61. The number of H-pyrrole nitrogens is 1. The SMILES string of the molecule is COc1ccc2ccccc2c1-c1cc(C(=O)NN=Cc2c(Cl)cccc2Cl)[nH]n1. The number of aromatic nitrogens is 2. The Kier molecular flexibility index (Phi) is 5.70. The first-order valence-electron chi connectivity index (χ1n) is 8.97. The van der Waals surface area contributed by atoms with Gasteiger partial charge in [-0.05, 0) is 35.0 Å². The quantitative estimate of drug-likeness (QED) is 0.327. The maximum Gasteiger partial charge on any atom is 0.289 e. The Balaban J connectivity index is 1.60. The van der Waals surface area contributed by atoms with Crippen molar-refractivity contribution in [3.05, 3.63) is 82.0 Å². The smallest absolute Gasteiger partial charge is 0.289 e. The Bertz CT molecular complexity index is 1250. The van der Waals surface area contributed by atoms with Gasteiger partial charge in [0.25, 0.3) is 5.91 Å². The number of amides is 1. The number of hydrogen-bond acceptors (Lipinski definition) is 4. The summed E-state index contributed by atoms with van der Waals surface area (Å²) in [6, 6.07) is 18.5. The molecular formula is C22H16Cl2N4O2. The first-order valence-corrected chi connectivity index (χ1v) is 9.73. The zero-order valence-electron chi connectivity index (χ0n) is 15.8. The van der Waals surface area contributed by atoms with Crippen LogP contribution in [-0.4, -0.2) is 29.4 Å². The van der Waals surface area contributed by atoms with Crippen molar-refractivity contribution in [3.8, 4) is 17.0 Å². The Hall–Kier alpha value is -3.35. The van der Waals surface area contributed by atoms with E-state index in [0.29, 0.717) is 27.1 Å². The summed E-state index contributed by atoms with van der Waals surface area (Å²) in [4.78, 5) is 12.5. The van der Waals surface area contributed by atoms with Crippen molar-refractivity contribution >= 4 is 46.1 Å². The van der Waals surface area contributed by atoms with Crippen LogP contribution in [-0.2, 0) is 0 Å². The van der Waals surface area contributed by atoms with E-state index in [1.165, 1.54) is 6.21 Å². The molecular weight excluding hydrogens is 423 g/mol. The fraction of sp³-hybridized carbons (Fsp3) is 0.0455. The molecule has 6 nitrogen and oxygen atoms in total. The predicted molar refractivity (Wildman–Crippen MR) is 120 cm³/mol. The highest BCUT2D eigenvalue weighted by molar-refractivity contribution is 6.38. The van der Waals surface area contributed by atoms with Crippen molar-refractivity contribution in [3.63, 3.8) is 0 Å². The molecule has 0 saturated heterocycles. The van der Waals surface area contributed by atoms with Crippen LogP contribution < -0.4 is 10.2 Å². The number of benzene rings is 3. The average Bonchev–Trinajstić information content (AvgIpc) is 3.24. The fourth-order valence-corrected chi connectivity index (χ4v) is 3.60. The van der Waals surface area contributed by atoms with Gasteiger partial charge in [-0.2, -0.15) is 10.2 Å². The van der Waals surface area contributed by atoms with Gasteiger partial charge in [0.05, 0.1) is 34.6 Å². The number of rotatable bonds is 5. The van der Waals surface area contributed by atoms with Crippen molar-refractivity contribution in [2.45, 2.75) is 0 Å². The van der Waals surface area contributed by atoms with Gasteiger partial charge in [0, 0.05) is 5.56 Å². The minimum atomic E-state index is -0.452. The molecule has 0 saturated carbocycles. The van der Waals surface area contributed by atoms with Gasteiger partial charge in [0.1, 0.15) is 11.4 Å². The Morgan fingerprint density at radius 2 is 1.87 bits per heavy atom. The highest BCUT2D eigenvalue weighted by Crippen LogP contribution is 2.36. The largest absolute Gasteiger partial charge is 0.496 e. The van der Waals surface area contributed by atoms with Crippen molar-refractivity contribution < 1.29 is 9.53 Å². The third-order valence-electron chi connectivity index (χ3n) is 4.55. The van der Waals surface area contributed by atoms with E-state index in [9.17, 15) is 4.79 Å². The van der Waals surface area contributed by atoms with Gasteiger partial charge >= 0.3 is 0 Å². The summed E-state index contributed by atoms with van der Waals surface area (Å²) in [5, 5.41) is 13.9. The summed E-state index contributed by atoms with van der Waals surface area (Å²) in [5.74, 6) is 0.214. The van der Waals surface area contributed by atoms with Crippen LogP contribution in [0.1, 0.15) is 16.1 Å². The van der Waals surface area contributed by atoms with E-state index in [1.54, 1.807) is 31.4 Å². The minimum Gasteiger partial charge on any atom is -0.496 e. The van der Waals surface area contributed by atoms with Gasteiger partial charge in [-0.15, -0.1) is 0 Å². The lowest BCUT2D eigenvalue weighted by atomic mass is 10.0. The van der Waals surface area contributed by atoms with E-state index in [0.717, 1.165) is 16.3 Å². The molecule has 0 spiro atoms. The van der Waals surface area contributed by atoms with Gasteiger partial charge in [-0.3, -0.25) is 9.89 Å². The molecule has 2 N–H and O–H groups in total. The highest BCUT2D eigenvalue weighted by Gasteiger charge is 2.16. The number of hydrogen-bond donors (Lipinski definition) is 2. The normalized spacial score (nSPS) is 11.2. The molecule has 0 radical (unpaired) electrons. The fourth-order valence-electron chi connectivity index (χ4n) is 3.10. The van der Waals surface area contributed by atoms with Crippen LogP contribution in [0.15, 0.2) is 65.8 Å². The van der Waals surface area contributed by atoms with Crippen LogP contribution in [0, 0.1) is 0 Å². The first-order chi connectivity index (χ1) is 14.6. The number of carbonyl (C=O) groups excluding carboxylic acids is 1. The molecule has 0 aliphatic carbocycles. The van der Waals surface area contributed by atoms with Gasteiger partial charge in [0.15, 0.2) is 0 Å². The Morgan fingerprint density at radius 3 is 2.63 bits per heavy atom. The molecule has 0 aliphatic rings. The molecule has 0 aliphatic heterocycles. The molecule has 150 valence electrons. The summed E-state index contributed by atoms with van der Waals surface area (Å²) in [6.45, 7) is 0. The number of nitrogens with zero attached hydrogens (tertiary/aromatic N) is 2. The number of carbonyl (C=O) groups is 1. The number of nitrogens with one attached hydrogen (secondary N) is 2. The number of aromatic amines is 1. The van der Waals surface area contributed by atoms with E-state index in [1.807, 2.05) is 36.4 Å². The van der Waals surface area contributed by atoms with Gasteiger partial charge in [-0.1, -0.05) is 59.6 Å². The van der Waals surface area contributed by atoms with Crippen molar-refractivity contribution in [1.29, 1.82) is 0 Å². The van der Waals surface area contributed by atoms with Crippen LogP contribution in [0.4, 0.5) is 0 Å². The van der Waals surface area contributed by atoms with Crippen LogP contribution in [0.2, 0.25) is 10.0 Å². The van der Waals surface area contributed by atoms with Crippen LogP contribution in [0.25, 0.3) is 22.0 Å². The van der Waals surface area contributed by atoms with Gasteiger partial charge < -0.3 is 4.74 Å². The first kappa shape index (κ1) is 19.9. The van der Waals surface area contributed by atoms with Crippen molar-refractivity contribution in [1.82, 2.24) is 15.6 Å². The van der Waals surface area contributed by atoms with Crippen LogP contribution in [0.3, 0.4) is 0 Å². The molecule has 0 unspecified atom stereocenters. The molecule has 1 amide bonds. The standard InChI is InChI=1S/C22H16Cl2N4O2/c1-30-20-10-9-13-5-2-3-6-14(13)21(20)18-11-19(27-26-18)22(29)28-25-12-15-16(23)7-4-8-17(15)24/h2-12H,1H3,(H,26,27)(H,28,29). The average molecular weight is 439 g/mol. The maximum atomic E-state index is 12.5. The predicted octanol–water partition coefficient (Wildman–Crippen LogP) is 5.31. The zero-order chi connectivity index (χ0) is 21.1. The number of methoxy groups -OCH3 is 1. The molecule has 4 aromatic rings. The third-order valence-corrected chi connectivity index (χ3v) is 5.21. The molecule has 3 aromatic carbocycles. The third kappa shape index (κ3) is 3.87. The lowest BCUT2D eigenvalue weighted by Gasteiger charge is -2.09. The topological polar surface area (TPSA) is 79.4 Å². The van der Waals surface area contributed by atoms with Crippen molar-refractivity contribution in [2.24, 2.45) is 5.10 Å². The molecule has 1 aromatic heterocycles. The van der Waals surface area contributed by atoms with E-state index < -0.39 is 5.91 Å². The summed E-state index contributed by atoms with van der Waals surface area (Å²) < 4.78 is 5.51. The lowest BCUT2D eigenvalue weighted by molar-refractivity contribution is 0.0950. The number of ether oxygens (including phenoxy) is 1. The zero-order valence-corrected chi connectivity index (χ0v) is 17.3. The van der Waals surface area contributed by atoms with Crippen molar-refractivity contribution in [2.75, 3.05) is 7.11 Å². The summed E-state index contributed by atoms with van der Waals surface area (Å²) in [6.07, 6.45) is 1.40. The second-order valence-electron chi connectivity index (χ2n) is 6.37. The minimum absolute atomic E-state index is 0.252. The Morgan fingerprint density at radius 1 is 1.10 bits per heavy atom. The molecule has 0 atom stereocenters. The maximum absolute atomic E-state index is 12.5. The Labute approximate surface area is 182 Å². The monoisotopic (exact) mass is 438 g/mol.